The van der Waals surface area contributed by atoms with Crippen molar-refractivity contribution in [3.8, 4) is 22.5 Å². The molecule has 1 heterocycles. The van der Waals surface area contributed by atoms with Crippen molar-refractivity contribution in [2.24, 2.45) is 0 Å². The third-order valence-electron chi connectivity index (χ3n) is 9.01. The molecule has 0 N–H and O–H groups in total. The molecule has 0 fully saturated rings. The number of para-hydroxylation sites is 1. The Hall–Kier alpha value is -6.12. The highest BCUT2D eigenvalue weighted by atomic mass is 16.3. The smallest absolute Gasteiger partial charge is 0.135 e. The first-order chi connectivity index (χ1) is 22.8. The predicted molar refractivity (Wildman–Crippen MR) is 194 cm³/mol. The molecule has 0 unspecified atom stereocenters. The van der Waals surface area contributed by atoms with E-state index in [1.165, 1.54) is 32.3 Å². The maximum atomic E-state index is 6.18. The summed E-state index contributed by atoms with van der Waals surface area (Å²) in [5.74, 6) is 0.880. The van der Waals surface area contributed by atoms with E-state index < -0.39 is 0 Å². The largest absolute Gasteiger partial charge is 0.456 e. The van der Waals surface area contributed by atoms with Gasteiger partial charge < -0.3 is 9.32 Å². The van der Waals surface area contributed by atoms with E-state index >= 15 is 0 Å². The number of anilines is 3. The molecule has 8 aromatic carbocycles. The van der Waals surface area contributed by atoms with Crippen molar-refractivity contribution < 1.29 is 4.42 Å². The van der Waals surface area contributed by atoms with Gasteiger partial charge in [-0.1, -0.05) is 127 Å². The normalized spacial score (nSPS) is 11.5. The lowest BCUT2D eigenvalue weighted by Gasteiger charge is -2.28. The van der Waals surface area contributed by atoms with Gasteiger partial charge >= 0.3 is 0 Å². The van der Waals surface area contributed by atoms with Gasteiger partial charge in [-0.3, -0.25) is 0 Å². The molecule has 2 heteroatoms. The molecule has 0 aliphatic rings. The van der Waals surface area contributed by atoms with Crippen molar-refractivity contribution in [3.05, 3.63) is 176 Å². The van der Waals surface area contributed by atoms with Crippen LogP contribution in [0.2, 0.25) is 0 Å². The Bertz CT molecular complexity index is 2510. The summed E-state index contributed by atoms with van der Waals surface area (Å²) in [6, 6.07) is 62.9. The van der Waals surface area contributed by atoms with E-state index in [4.69, 9.17) is 4.42 Å². The molecule has 1 aromatic heterocycles. The van der Waals surface area contributed by atoms with Crippen LogP contribution in [0.3, 0.4) is 0 Å². The van der Waals surface area contributed by atoms with Gasteiger partial charge in [-0.15, -0.1) is 0 Å². The lowest BCUT2D eigenvalue weighted by Crippen LogP contribution is -2.10. The first kappa shape index (κ1) is 26.3. The van der Waals surface area contributed by atoms with Crippen LogP contribution in [0.5, 0.6) is 0 Å². The fourth-order valence-corrected chi connectivity index (χ4v) is 6.74. The zero-order valence-electron chi connectivity index (χ0n) is 25.1. The summed E-state index contributed by atoms with van der Waals surface area (Å²) >= 11 is 0. The Kier molecular flexibility index (Phi) is 6.17. The van der Waals surface area contributed by atoms with Crippen molar-refractivity contribution in [3.63, 3.8) is 0 Å². The SMILES string of the molecule is c1cc(-c2ccc(N(c3ccc4ccccc4c3)c3cc4ccccc4c4ccccc34)cc2)cc(-c2cc3ccccc3o2)c1. The van der Waals surface area contributed by atoms with Crippen LogP contribution in [0.1, 0.15) is 0 Å². The van der Waals surface area contributed by atoms with Crippen molar-refractivity contribution >= 4 is 60.3 Å². The molecule has 0 atom stereocenters. The first-order valence-electron chi connectivity index (χ1n) is 15.7. The zero-order chi connectivity index (χ0) is 30.5. The molecule has 0 bridgehead atoms. The molecule has 0 saturated heterocycles. The van der Waals surface area contributed by atoms with Crippen molar-refractivity contribution in [1.29, 1.82) is 0 Å². The lowest BCUT2D eigenvalue weighted by atomic mass is 9.98. The maximum Gasteiger partial charge on any atom is 0.135 e. The minimum Gasteiger partial charge on any atom is -0.456 e. The highest BCUT2D eigenvalue weighted by Gasteiger charge is 2.18. The molecule has 46 heavy (non-hydrogen) atoms. The number of fused-ring (bicyclic) bond motifs is 5. The Labute approximate surface area is 267 Å². The van der Waals surface area contributed by atoms with Crippen LogP contribution in [0, 0.1) is 0 Å². The molecule has 0 aliphatic carbocycles. The molecule has 0 aliphatic heterocycles. The van der Waals surface area contributed by atoms with Crippen molar-refractivity contribution in [2.75, 3.05) is 4.90 Å². The molecule has 2 nitrogen and oxygen atoms in total. The van der Waals surface area contributed by atoms with Gasteiger partial charge in [0.25, 0.3) is 0 Å². The fraction of sp³-hybridized carbons (Fsp3) is 0. The highest BCUT2D eigenvalue weighted by Crippen LogP contribution is 2.43. The van der Waals surface area contributed by atoms with Gasteiger partial charge in [-0.25, -0.2) is 0 Å². The molecule has 0 radical (unpaired) electrons. The Morgan fingerprint density at radius 2 is 1.00 bits per heavy atom. The number of furan rings is 1. The monoisotopic (exact) mass is 587 g/mol. The third-order valence-corrected chi connectivity index (χ3v) is 9.01. The van der Waals surface area contributed by atoms with E-state index in [2.05, 4.69) is 163 Å². The minimum atomic E-state index is 0.880. The predicted octanol–water partition coefficient (Wildman–Crippen LogP) is 12.7. The zero-order valence-corrected chi connectivity index (χ0v) is 25.1. The molecular weight excluding hydrogens is 558 g/mol. The second kappa shape index (κ2) is 10.8. The van der Waals surface area contributed by atoms with Gasteiger partial charge in [0.2, 0.25) is 0 Å². The van der Waals surface area contributed by atoms with Crippen LogP contribution in [0.4, 0.5) is 17.1 Å². The van der Waals surface area contributed by atoms with Crippen LogP contribution in [0.15, 0.2) is 180 Å². The Balaban J connectivity index is 1.18. The van der Waals surface area contributed by atoms with E-state index in [-0.39, 0.29) is 0 Å². The number of nitrogens with zero attached hydrogens (tertiary/aromatic N) is 1. The summed E-state index contributed by atoms with van der Waals surface area (Å²) in [6.07, 6.45) is 0. The number of hydrogen-bond donors (Lipinski definition) is 0. The summed E-state index contributed by atoms with van der Waals surface area (Å²) in [5.41, 5.74) is 7.66. The summed E-state index contributed by atoms with van der Waals surface area (Å²) in [5, 5.41) is 8.52. The number of benzene rings is 8. The number of hydrogen-bond acceptors (Lipinski definition) is 2. The summed E-state index contributed by atoms with van der Waals surface area (Å²) in [6.45, 7) is 0. The molecule has 0 amide bonds. The second-order valence-corrected chi connectivity index (χ2v) is 11.8. The van der Waals surface area contributed by atoms with E-state index in [0.717, 1.165) is 50.5 Å². The van der Waals surface area contributed by atoms with Gasteiger partial charge in [0.15, 0.2) is 0 Å². The topological polar surface area (TPSA) is 16.4 Å². The average molecular weight is 588 g/mol. The van der Waals surface area contributed by atoms with Crippen molar-refractivity contribution in [1.82, 2.24) is 0 Å². The van der Waals surface area contributed by atoms with E-state index in [1.807, 2.05) is 18.2 Å². The van der Waals surface area contributed by atoms with Gasteiger partial charge in [-0.2, -0.15) is 0 Å². The molecule has 0 spiro atoms. The second-order valence-electron chi connectivity index (χ2n) is 11.8. The summed E-state index contributed by atoms with van der Waals surface area (Å²) < 4.78 is 6.18. The van der Waals surface area contributed by atoms with Crippen LogP contribution < -0.4 is 4.90 Å². The lowest BCUT2D eigenvalue weighted by molar-refractivity contribution is 0.631. The van der Waals surface area contributed by atoms with Crippen molar-refractivity contribution in [2.45, 2.75) is 0 Å². The molecule has 216 valence electrons. The Morgan fingerprint density at radius 1 is 0.348 bits per heavy atom. The highest BCUT2D eigenvalue weighted by molar-refractivity contribution is 6.14. The first-order valence-corrected chi connectivity index (χ1v) is 15.7. The van der Waals surface area contributed by atoms with Crippen LogP contribution >= 0.6 is 0 Å². The van der Waals surface area contributed by atoms with Crippen LogP contribution in [0.25, 0.3) is 65.7 Å². The van der Waals surface area contributed by atoms with Crippen LogP contribution in [-0.2, 0) is 0 Å². The molecule has 9 rings (SSSR count). The molecule has 9 aromatic rings. The van der Waals surface area contributed by atoms with E-state index in [9.17, 15) is 0 Å². The minimum absolute atomic E-state index is 0.880. The maximum absolute atomic E-state index is 6.18. The Morgan fingerprint density at radius 3 is 1.83 bits per heavy atom. The quantitative estimate of drug-likeness (QED) is 0.186. The summed E-state index contributed by atoms with van der Waals surface area (Å²) in [7, 11) is 0. The van der Waals surface area contributed by atoms with E-state index in [0.29, 0.717) is 0 Å². The third kappa shape index (κ3) is 4.51. The van der Waals surface area contributed by atoms with Crippen LogP contribution in [-0.4, -0.2) is 0 Å². The average Bonchev–Trinajstić information content (AvgIpc) is 3.57. The number of rotatable bonds is 5. The standard InChI is InChI=1S/C44H29NO/c1-2-11-33-27-38(25-22-30(33)10-1)45(42-28-34-12-3-5-16-39(34)40-17-6-7-18-41(40)42)37-23-20-31(21-24-37)32-14-9-15-35(26-32)44-29-36-13-4-8-19-43(36)46-44/h1-29H. The van der Waals surface area contributed by atoms with E-state index in [1.54, 1.807) is 0 Å². The van der Waals surface area contributed by atoms with Gasteiger partial charge in [0.05, 0.1) is 5.69 Å². The molecular formula is C44H29NO. The fourth-order valence-electron chi connectivity index (χ4n) is 6.74. The van der Waals surface area contributed by atoms with Gasteiger partial charge in [0.1, 0.15) is 11.3 Å². The van der Waals surface area contributed by atoms with Gasteiger partial charge in [0, 0.05) is 27.7 Å². The molecule has 0 saturated carbocycles. The summed E-state index contributed by atoms with van der Waals surface area (Å²) in [4.78, 5) is 2.40. The van der Waals surface area contributed by atoms with Gasteiger partial charge in [-0.05, 0) is 86.6 Å².